The van der Waals surface area contributed by atoms with Gasteiger partial charge in [-0.05, 0) is 44.7 Å². The Morgan fingerprint density at radius 1 is 1.09 bits per heavy atom. The van der Waals surface area contributed by atoms with E-state index >= 15 is 0 Å². The van der Waals surface area contributed by atoms with Gasteiger partial charge in [0.2, 0.25) is 5.91 Å². The van der Waals surface area contributed by atoms with Gasteiger partial charge in [0.15, 0.2) is 0 Å². The van der Waals surface area contributed by atoms with Gasteiger partial charge in [-0.1, -0.05) is 35.9 Å². The Bertz CT molecular complexity index is 638. The monoisotopic (exact) mass is 312 g/mol. The van der Waals surface area contributed by atoms with Crippen molar-refractivity contribution in [1.82, 2.24) is 4.90 Å². The maximum absolute atomic E-state index is 12.1. The first-order chi connectivity index (χ1) is 11.0. The fourth-order valence-electron chi connectivity index (χ4n) is 2.18. The first-order valence-corrected chi connectivity index (χ1v) is 7.78. The van der Waals surface area contributed by atoms with Crippen molar-refractivity contribution in [1.29, 1.82) is 0 Å². The van der Waals surface area contributed by atoms with Gasteiger partial charge >= 0.3 is 0 Å². The van der Waals surface area contributed by atoms with Gasteiger partial charge in [0.1, 0.15) is 12.4 Å². The van der Waals surface area contributed by atoms with Gasteiger partial charge in [0.25, 0.3) is 0 Å². The van der Waals surface area contributed by atoms with Crippen LogP contribution in [0.3, 0.4) is 0 Å². The zero-order valence-corrected chi connectivity index (χ0v) is 14.0. The van der Waals surface area contributed by atoms with Crippen LogP contribution >= 0.6 is 0 Å². The standard InChI is InChI=1S/C19H24N2O2/c1-15-8-10-17(11-9-15)23-13-12-21(3)14-19(22)20-18-7-5-4-6-16(18)2/h4-11H,12-14H2,1-3H3,(H,20,22). The molecule has 2 rings (SSSR count). The number of benzene rings is 2. The predicted octanol–water partition coefficient (Wildman–Crippen LogP) is 3.25. The number of rotatable bonds is 7. The number of likely N-dealkylation sites (N-methyl/N-ethyl adjacent to an activating group) is 1. The molecule has 0 fully saturated rings. The number of carbonyl (C=O) groups is 1. The molecule has 0 aromatic heterocycles. The molecular weight excluding hydrogens is 288 g/mol. The summed E-state index contributed by atoms with van der Waals surface area (Å²) in [5.74, 6) is 0.838. The lowest BCUT2D eigenvalue weighted by atomic mass is 10.2. The predicted molar refractivity (Wildman–Crippen MR) is 94.0 cm³/mol. The van der Waals surface area contributed by atoms with E-state index in [-0.39, 0.29) is 5.91 Å². The van der Waals surface area contributed by atoms with Crippen LogP contribution in [0.15, 0.2) is 48.5 Å². The maximum atomic E-state index is 12.1. The fraction of sp³-hybridized carbons (Fsp3) is 0.316. The molecule has 0 saturated carbocycles. The molecule has 0 unspecified atom stereocenters. The average Bonchev–Trinajstić information content (AvgIpc) is 2.51. The minimum atomic E-state index is -0.0165. The summed E-state index contributed by atoms with van der Waals surface area (Å²) in [5.41, 5.74) is 3.13. The number of hydrogen-bond donors (Lipinski definition) is 1. The van der Waals surface area contributed by atoms with Crippen molar-refractivity contribution in [3.63, 3.8) is 0 Å². The third kappa shape index (κ3) is 5.75. The normalized spacial score (nSPS) is 10.6. The Labute approximate surface area is 138 Å². The summed E-state index contributed by atoms with van der Waals surface area (Å²) in [7, 11) is 1.91. The largest absolute Gasteiger partial charge is 0.492 e. The van der Waals surface area contributed by atoms with E-state index in [1.807, 2.05) is 74.3 Å². The second kappa shape index (κ2) is 8.34. The number of nitrogens with zero attached hydrogens (tertiary/aromatic N) is 1. The Kier molecular flexibility index (Phi) is 6.18. The van der Waals surface area contributed by atoms with E-state index in [4.69, 9.17) is 4.74 Å². The molecule has 0 aliphatic rings. The van der Waals surface area contributed by atoms with Crippen LogP contribution < -0.4 is 10.1 Å². The van der Waals surface area contributed by atoms with Crippen LogP contribution in [-0.4, -0.2) is 37.6 Å². The Morgan fingerprint density at radius 3 is 2.48 bits per heavy atom. The molecular formula is C19H24N2O2. The molecule has 0 radical (unpaired) electrons. The molecule has 4 heteroatoms. The minimum absolute atomic E-state index is 0.0165. The van der Waals surface area contributed by atoms with Gasteiger partial charge in [-0.15, -0.1) is 0 Å². The van der Waals surface area contributed by atoms with Gasteiger partial charge in [0, 0.05) is 12.2 Å². The van der Waals surface area contributed by atoms with Crippen molar-refractivity contribution in [3.05, 3.63) is 59.7 Å². The zero-order chi connectivity index (χ0) is 16.7. The van der Waals surface area contributed by atoms with E-state index in [9.17, 15) is 4.79 Å². The second-order valence-corrected chi connectivity index (χ2v) is 5.76. The number of hydrogen-bond acceptors (Lipinski definition) is 3. The number of amides is 1. The zero-order valence-electron chi connectivity index (χ0n) is 14.0. The SMILES string of the molecule is Cc1ccc(OCCN(C)CC(=O)Nc2ccccc2C)cc1. The van der Waals surface area contributed by atoms with Crippen LogP contribution in [0.2, 0.25) is 0 Å². The molecule has 2 aromatic carbocycles. The first kappa shape index (κ1) is 17.0. The molecule has 0 bridgehead atoms. The summed E-state index contributed by atoms with van der Waals surface area (Å²) in [5, 5.41) is 2.93. The summed E-state index contributed by atoms with van der Waals surface area (Å²) in [6.07, 6.45) is 0. The van der Waals surface area contributed by atoms with E-state index in [1.54, 1.807) is 0 Å². The van der Waals surface area contributed by atoms with Crippen LogP contribution in [0.1, 0.15) is 11.1 Å². The van der Waals surface area contributed by atoms with Gasteiger partial charge in [-0.3, -0.25) is 9.69 Å². The number of nitrogens with one attached hydrogen (secondary N) is 1. The lowest BCUT2D eigenvalue weighted by molar-refractivity contribution is -0.117. The highest BCUT2D eigenvalue weighted by Gasteiger charge is 2.08. The molecule has 1 amide bonds. The van der Waals surface area contributed by atoms with Gasteiger partial charge in [-0.2, -0.15) is 0 Å². The van der Waals surface area contributed by atoms with Crippen LogP contribution in [0.4, 0.5) is 5.69 Å². The van der Waals surface area contributed by atoms with Crippen LogP contribution in [0.5, 0.6) is 5.75 Å². The van der Waals surface area contributed by atoms with Crippen LogP contribution in [-0.2, 0) is 4.79 Å². The summed E-state index contributed by atoms with van der Waals surface area (Å²) < 4.78 is 5.68. The number of carbonyl (C=O) groups excluding carboxylic acids is 1. The minimum Gasteiger partial charge on any atom is -0.492 e. The van der Waals surface area contributed by atoms with Gasteiger partial charge in [-0.25, -0.2) is 0 Å². The van der Waals surface area contributed by atoms with E-state index in [0.717, 1.165) is 17.0 Å². The molecule has 1 N–H and O–H groups in total. The summed E-state index contributed by atoms with van der Waals surface area (Å²) in [6, 6.07) is 15.7. The van der Waals surface area contributed by atoms with Crippen molar-refractivity contribution in [2.24, 2.45) is 0 Å². The van der Waals surface area contributed by atoms with Gasteiger partial charge in [0.05, 0.1) is 6.54 Å². The average molecular weight is 312 g/mol. The van der Waals surface area contributed by atoms with Crippen molar-refractivity contribution in [3.8, 4) is 5.75 Å². The Morgan fingerprint density at radius 2 is 1.78 bits per heavy atom. The molecule has 0 atom stereocenters. The highest BCUT2D eigenvalue weighted by Crippen LogP contribution is 2.13. The summed E-state index contributed by atoms with van der Waals surface area (Å²) >= 11 is 0. The van der Waals surface area contributed by atoms with E-state index in [2.05, 4.69) is 5.32 Å². The molecule has 0 aliphatic heterocycles. The van der Waals surface area contributed by atoms with E-state index in [1.165, 1.54) is 5.56 Å². The number of aryl methyl sites for hydroxylation is 2. The first-order valence-electron chi connectivity index (χ1n) is 7.78. The fourth-order valence-corrected chi connectivity index (χ4v) is 2.18. The molecule has 2 aromatic rings. The third-order valence-electron chi connectivity index (χ3n) is 3.60. The van der Waals surface area contributed by atoms with E-state index in [0.29, 0.717) is 19.7 Å². The van der Waals surface area contributed by atoms with E-state index < -0.39 is 0 Å². The van der Waals surface area contributed by atoms with Crippen molar-refractivity contribution in [2.75, 3.05) is 32.1 Å². The van der Waals surface area contributed by atoms with Crippen LogP contribution in [0, 0.1) is 13.8 Å². The second-order valence-electron chi connectivity index (χ2n) is 5.76. The summed E-state index contributed by atoms with van der Waals surface area (Å²) in [4.78, 5) is 14.0. The molecule has 0 aliphatic carbocycles. The Balaban J connectivity index is 1.71. The maximum Gasteiger partial charge on any atom is 0.238 e. The van der Waals surface area contributed by atoms with Gasteiger partial charge < -0.3 is 10.1 Å². The van der Waals surface area contributed by atoms with Crippen molar-refractivity contribution >= 4 is 11.6 Å². The highest BCUT2D eigenvalue weighted by molar-refractivity contribution is 5.92. The topological polar surface area (TPSA) is 41.6 Å². The number of ether oxygens (including phenoxy) is 1. The molecule has 23 heavy (non-hydrogen) atoms. The number of anilines is 1. The molecule has 4 nitrogen and oxygen atoms in total. The molecule has 0 heterocycles. The highest BCUT2D eigenvalue weighted by atomic mass is 16.5. The Hall–Kier alpha value is -2.33. The third-order valence-corrected chi connectivity index (χ3v) is 3.60. The van der Waals surface area contributed by atoms with Crippen molar-refractivity contribution in [2.45, 2.75) is 13.8 Å². The van der Waals surface area contributed by atoms with Crippen molar-refractivity contribution < 1.29 is 9.53 Å². The quantitative estimate of drug-likeness (QED) is 0.853. The molecule has 122 valence electrons. The molecule has 0 spiro atoms. The lowest BCUT2D eigenvalue weighted by Gasteiger charge is -2.17. The van der Waals surface area contributed by atoms with Crippen LogP contribution in [0.25, 0.3) is 0 Å². The smallest absolute Gasteiger partial charge is 0.238 e. The number of para-hydroxylation sites is 1. The lowest BCUT2D eigenvalue weighted by Crippen LogP contribution is -2.33. The molecule has 0 saturated heterocycles. The summed E-state index contributed by atoms with van der Waals surface area (Å²) in [6.45, 7) is 5.61.